The van der Waals surface area contributed by atoms with E-state index in [9.17, 15) is 14.4 Å². The van der Waals surface area contributed by atoms with E-state index in [1.807, 2.05) is 0 Å². The van der Waals surface area contributed by atoms with Gasteiger partial charge in [0.1, 0.15) is 5.54 Å². The zero-order valence-electron chi connectivity index (χ0n) is 15.4. The van der Waals surface area contributed by atoms with Gasteiger partial charge in [0.2, 0.25) is 11.1 Å². The zero-order valence-corrected chi connectivity index (χ0v) is 16.2. The van der Waals surface area contributed by atoms with E-state index >= 15 is 0 Å². The molecule has 1 saturated carbocycles. The fraction of sp³-hybridized carbons (Fsp3) is 0.750. The van der Waals surface area contributed by atoms with E-state index in [4.69, 9.17) is 4.74 Å². The van der Waals surface area contributed by atoms with Crippen molar-refractivity contribution in [3.05, 3.63) is 0 Å². The number of rotatable bonds is 6. The number of imide groups is 1. The molecular weight excluding hydrogens is 386 g/mol. The van der Waals surface area contributed by atoms with Gasteiger partial charge in [-0.05, 0) is 36.1 Å². The van der Waals surface area contributed by atoms with Crippen molar-refractivity contribution in [2.45, 2.75) is 68.3 Å². The summed E-state index contributed by atoms with van der Waals surface area (Å²) in [6.45, 7) is 1.28. The second-order valence-corrected chi connectivity index (χ2v) is 8.26. The van der Waals surface area contributed by atoms with Crippen molar-refractivity contribution in [2.75, 3.05) is 12.4 Å². The van der Waals surface area contributed by atoms with Gasteiger partial charge in [0.25, 0.3) is 5.91 Å². The summed E-state index contributed by atoms with van der Waals surface area (Å²) in [5, 5.41) is 15.6. The summed E-state index contributed by atoms with van der Waals surface area (Å²) in [5.74, 6) is -0.859. The Kier molecular flexibility index (Phi) is 5.49. The van der Waals surface area contributed by atoms with E-state index in [1.165, 1.54) is 0 Å². The predicted octanol–water partition coefficient (Wildman–Crippen LogP) is 0.230. The first-order valence-corrected chi connectivity index (χ1v) is 10.5. The van der Waals surface area contributed by atoms with Gasteiger partial charge < -0.3 is 10.1 Å². The molecule has 2 aliphatic heterocycles. The van der Waals surface area contributed by atoms with Crippen molar-refractivity contribution in [2.24, 2.45) is 0 Å². The highest BCUT2D eigenvalue weighted by atomic mass is 32.2. The Morgan fingerprint density at radius 2 is 2.11 bits per heavy atom. The Labute approximate surface area is 165 Å². The van der Waals surface area contributed by atoms with Crippen LogP contribution < -0.4 is 10.7 Å². The van der Waals surface area contributed by atoms with E-state index in [0.717, 1.165) is 55.5 Å². The van der Waals surface area contributed by atoms with Crippen LogP contribution in [0.2, 0.25) is 0 Å². The van der Waals surface area contributed by atoms with Crippen LogP contribution in [0.5, 0.6) is 0 Å². The normalized spacial score (nSPS) is 24.0. The highest BCUT2D eigenvalue weighted by Crippen LogP contribution is 2.33. The smallest absolute Gasteiger partial charge is 0.344 e. The number of carbonyl (C=O) groups is 3. The predicted molar refractivity (Wildman–Crippen MR) is 96.9 cm³/mol. The molecule has 3 aliphatic rings. The highest BCUT2D eigenvalue weighted by Gasteiger charge is 2.52. The number of aromatic nitrogens is 4. The third kappa shape index (κ3) is 3.83. The standard InChI is InChI=1S/C16H23N7O4S/c24-12(10-28-15-18-20-21-22(15)9-11-5-4-8-27-11)19-23-13(25)16(17-14(23)26)6-2-1-3-7-16/h11H,1-10H2,(H,17,26)(H,19,24)/t11-/m0/s1. The van der Waals surface area contributed by atoms with Crippen LogP contribution in [0.3, 0.4) is 0 Å². The topological polar surface area (TPSA) is 131 Å². The van der Waals surface area contributed by atoms with Crippen molar-refractivity contribution in [1.82, 2.24) is 36.0 Å². The number of nitrogens with one attached hydrogen (secondary N) is 2. The molecule has 0 unspecified atom stereocenters. The number of ether oxygens (including phenoxy) is 1. The molecule has 2 N–H and O–H groups in total. The maximum Gasteiger partial charge on any atom is 0.344 e. The number of thioether (sulfide) groups is 1. The summed E-state index contributed by atoms with van der Waals surface area (Å²) in [6.07, 6.45) is 6.09. The number of carbonyl (C=O) groups excluding carboxylic acids is 3. The lowest BCUT2D eigenvalue weighted by Crippen LogP contribution is -2.51. The van der Waals surface area contributed by atoms with Crippen LogP contribution in [0, 0.1) is 0 Å². The van der Waals surface area contributed by atoms with Gasteiger partial charge in [-0.3, -0.25) is 15.0 Å². The Hall–Kier alpha value is -2.21. The van der Waals surface area contributed by atoms with Gasteiger partial charge in [0, 0.05) is 6.61 Å². The molecule has 4 rings (SSSR count). The van der Waals surface area contributed by atoms with Crippen molar-refractivity contribution < 1.29 is 19.1 Å². The molecule has 11 nitrogen and oxygen atoms in total. The molecule has 1 spiro atoms. The number of tetrazole rings is 1. The van der Waals surface area contributed by atoms with E-state index in [1.54, 1.807) is 4.68 Å². The largest absolute Gasteiger partial charge is 0.376 e. The summed E-state index contributed by atoms with van der Waals surface area (Å²) >= 11 is 1.15. The van der Waals surface area contributed by atoms with Crippen LogP contribution >= 0.6 is 11.8 Å². The number of amides is 4. The minimum absolute atomic E-state index is 0.0179. The zero-order chi connectivity index (χ0) is 19.6. The average molecular weight is 409 g/mol. The molecule has 2 saturated heterocycles. The molecule has 0 aromatic carbocycles. The molecule has 0 bridgehead atoms. The molecule has 1 aliphatic carbocycles. The lowest BCUT2D eigenvalue weighted by atomic mass is 9.82. The van der Waals surface area contributed by atoms with Crippen LogP contribution in [0.15, 0.2) is 5.16 Å². The van der Waals surface area contributed by atoms with Crippen LogP contribution in [0.1, 0.15) is 44.9 Å². The Morgan fingerprint density at radius 1 is 1.29 bits per heavy atom. The van der Waals surface area contributed by atoms with Gasteiger partial charge in [-0.25, -0.2) is 9.48 Å². The van der Waals surface area contributed by atoms with E-state index in [-0.39, 0.29) is 17.8 Å². The molecular formula is C16H23N7O4S. The molecule has 152 valence electrons. The van der Waals surface area contributed by atoms with Crippen molar-refractivity contribution in [1.29, 1.82) is 0 Å². The molecule has 28 heavy (non-hydrogen) atoms. The molecule has 3 heterocycles. The van der Waals surface area contributed by atoms with Crippen LogP contribution in [0.4, 0.5) is 4.79 Å². The van der Waals surface area contributed by atoms with Gasteiger partial charge >= 0.3 is 6.03 Å². The molecule has 3 fully saturated rings. The first-order chi connectivity index (χ1) is 13.6. The fourth-order valence-electron chi connectivity index (χ4n) is 3.90. The van der Waals surface area contributed by atoms with Gasteiger partial charge in [0.05, 0.1) is 18.4 Å². The first-order valence-electron chi connectivity index (χ1n) is 9.54. The lowest BCUT2D eigenvalue weighted by molar-refractivity contribution is -0.139. The first kappa shape index (κ1) is 19.1. The summed E-state index contributed by atoms with van der Waals surface area (Å²) in [7, 11) is 0. The third-order valence-electron chi connectivity index (χ3n) is 5.34. The van der Waals surface area contributed by atoms with Crippen molar-refractivity contribution in [3.8, 4) is 0 Å². The second kappa shape index (κ2) is 8.03. The molecule has 4 amide bonds. The molecule has 1 aromatic rings. The number of hydrogen-bond acceptors (Lipinski definition) is 8. The summed E-state index contributed by atoms with van der Waals surface area (Å²) in [4.78, 5) is 37.2. The summed E-state index contributed by atoms with van der Waals surface area (Å²) in [6, 6.07) is -0.575. The quantitative estimate of drug-likeness (QED) is 0.504. The second-order valence-electron chi connectivity index (χ2n) is 7.32. The molecule has 1 atom stereocenters. The number of nitrogens with zero attached hydrogens (tertiary/aromatic N) is 5. The monoisotopic (exact) mass is 409 g/mol. The lowest BCUT2D eigenvalue weighted by Gasteiger charge is -2.30. The molecule has 0 radical (unpaired) electrons. The number of urea groups is 1. The Bertz CT molecular complexity index is 758. The number of hydrazine groups is 1. The van der Waals surface area contributed by atoms with E-state index in [0.29, 0.717) is 24.5 Å². The Morgan fingerprint density at radius 3 is 2.86 bits per heavy atom. The minimum Gasteiger partial charge on any atom is -0.376 e. The van der Waals surface area contributed by atoms with Gasteiger partial charge in [-0.2, -0.15) is 5.01 Å². The van der Waals surface area contributed by atoms with Crippen molar-refractivity contribution in [3.63, 3.8) is 0 Å². The molecule has 12 heteroatoms. The third-order valence-corrected chi connectivity index (χ3v) is 6.29. The Balaban J connectivity index is 1.31. The average Bonchev–Trinajstić information content (AvgIpc) is 3.40. The summed E-state index contributed by atoms with van der Waals surface area (Å²) in [5.41, 5.74) is 1.55. The van der Waals surface area contributed by atoms with E-state index < -0.39 is 17.5 Å². The highest BCUT2D eigenvalue weighted by molar-refractivity contribution is 7.99. The fourth-order valence-corrected chi connectivity index (χ4v) is 4.58. The maximum atomic E-state index is 12.7. The van der Waals surface area contributed by atoms with Crippen LogP contribution in [-0.2, 0) is 20.9 Å². The SMILES string of the molecule is O=C(CSc1nnnn1C[C@@H]1CCCO1)NN1C(=O)NC2(CCCCC2)C1=O. The van der Waals surface area contributed by atoms with Crippen molar-refractivity contribution >= 4 is 29.6 Å². The summed E-state index contributed by atoms with van der Waals surface area (Å²) < 4.78 is 7.19. The molecule has 1 aromatic heterocycles. The van der Waals surface area contributed by atoms with E-state index in [2.05, 4.69) is 26.3 Å². The number of hydrogen-bond donors (Lipinski definition) is 2. The van der Waals surface area contributed by atoms with Gasteiger partial charge in [-0.1, -0.05) is 31.0 Å². The maximum absolute atomic E-state index is 12.7. The van der Waals surface area contributed by atoms with Gasteiger partial charge in [0.15, 0.2) is 0 Å². The minimum atomic E-state index is -0.860. The van der Waals surface area contributed by atoms with Gasteiger partial charge in [-0.15, -0.1) is 5.10 Å². The van der Waals surface area contributed by atoms with Crippen LogP contribution in [-0.4, -0.2) is 67.1 Å². The van der Waals surface area contributed by atoms with Crippen LogP contribution in [0.25, 0.3) is 0 Å².